The summed E-state index contributed by atoms with van der Waals surface area (Å²) in [6.45, 7) is 14.7. The fourth-order valence-corrected chi connectivity index (χ4v) is 1.41. The third kappa shape index (κ3) is 6.78. The summed E-state index contributed by atoms with van der Waals surface area (Å²) in [5.41, 5.74) is -0.874. The highest BCUT2D eigenvalue weighted by atomic mass is 16.6. The highest BCUT2D eigenvalue weighted by molar-refractivity contribution is 5.81. The van der Waals surface area contributed by atoms with Gasteiger partial charge in [0.05, 0.1) is 0 Å². The van der Waals surface area contributed by atoms with E-state index in [0.717, 1.165) is 6.42 Å². The maximum absolute atomic E-state index is 11.9. The zero-order valence-electron chi connectivity index (χ0n) is 14.0. The van der Waals surface area contributed by atoms with E-state index in [2.05, 4.69) is 5.32 Å². The number of carbonyl (C=O) groups excluding carboxylic acids is 2. The molecule has 0 fully saturated rings. The molecule has 0 heterocycles. The van der Waals surface area contributed by atoms with Crippen molar-refractivity contribution in [3.8, 4) is 0 Å². The van der Waals surface area contributed by atoms with Gasteiger partial charge in [-0.15, -0.1) is 0 Å². The first kappa shape index (κ1) is 18.7. The molecule has 20 heavy (non-hydrogen) atoms. The van der Waals surface area contributed by atoms with Crippen LogP contribution in [-0.4, -0.2) is 42.1 Å². The van der Waals surface area contributed by atoms with Crippen LogP contribution in [0.2, 0.25) is 0 Å². The Balaban J connectivity index is 4.28. The Morgan fingerprint density at radius 3 is 2.05 bits per heavy atom. The molecule has 0 aromatic rings. The van der Waals surface area contributed by atoms with Gasteiger partial charge in [-0.25, -0.2) is 4.79 Å². The molecule has 0 bridgehead atoms. The summed E-state index contributed by atoms with van der Waals surface area (Å²) >= 11 is 0. The standard InChI is InChI=1S/C15H30N2O3/c1-8-15(6,7)12(18)16-10-11-17(9-2)13(19)20-14(3,4)5/h8-11H2,1-7H3,(H,16,18). The Labute approximate surface area is 123 Å². The topological polar surface area (TPSA) is 58.6 Å². The van der Waals surface area contributed by atoms with E-state index in [1.54, 1.807) is 4.90 Å². The Kier molecular flexibility index (Phi) is 7.03. The van der Waals surface area contributed by atoms with Crippen molar-refractivity contribution in [2.45, 2.75) is 60.5 Å². The summed E-state index contributed by atoms with van der Waals surface area (Å²) in [5, 5.41) is 2.87. The average Bonchev–Trinajstić information content (AvgIpc) is 2.31. The van der Waals surface area contributed by atoms with Crippen molar-refractivity contribution >= 4 is 12.0 Å². The number of nitrogens with zero attached hydrogens (tertiary/aromatic N) is 1. The van der Waals surface area contributed by atoms with E-state index >= 15 is 0 Å². The predicted molar refractivity (Wildman–Crippen MR) is 80.6 cm³/mol. The number of hydrogen-bond acceptors (Lipinski definition) is 3. The number of rotatable bonds is 6. The van der Waals surface area contributed by atoms with Gasteiger partial charge in [0, 0.05) is 25.0 Å². The van der Waals surface area contributed by atoms with Crippen molar-refractivity contribution < 1.29 is 14.3 Å². The SMILES string of the molecule is CCN(CCNC(=O)C(C)(C)CC)C(=O)OC(C)(C)C. The van der Waals surface area contributed by atoms with Crippen molar-refractivity contribution in [2.24, 2.45) is 5.41 Å². The van der Waals surface area contributed by atoms with Gasteiger partial charge in [0.15, 0.2) is 0 Å². The molecule has 1 N–H and O–H groups in total. The maximum Gasteiger partial charge on any atom is 0.410 e. The van der Waals surface area contributed by atoms with Crippen molar-refractivity contribution in [3.05, 3.63) is 0 Å². The molecule has 0 aromatic carbocycles. The largest absolute Gasteiger partial charge is 0.444 e. The van der Waals surface area contributed by atoms with Crippen LogP contribution in [0.15, 0.2) is 0 Å². The average molecular weight is 286 g/mol. The van der Waals surface area contributed by atoms with Gasteiger partial charge in [-0.05, 0) is 34.1 Å². The van der Waals surface area contributed by atoms with Gasteiger partial charge in [-0.3, -0.25) is 4.79 Å². The molecule has 118 valence electrons. The lowest BCUT2D eigenvalue weighted by Gasteiger charge is -2.27. The number of hydrogen-bond donors (Lipinski definition) is 1. The normalized spacial score (nSPS) is 11.9. The van der Waals surface area contributed by atoms with E-state index in [1.807, 2.05) is 48.5 Å². The lowest BCUT2D eigenvalue weighted by Crippen LogP contribution is -2.43. The molecule has 0 aromatic heterocycles. The molecule has 0 atom stereocenters. The van der Waals surface area contributed by atoms with Gasteiger partial charge in [-0.1, -0.05) is 20.8 Å². The summed E-state index contributed by atoms with van der Waals surface area (Å²) < 4.78 is 5.31. The van der Waals surface area contributed by atoms with Crippen molar-refractivity contribution in [1.82, 2.24) is 10.2 Å². The third-order valence-electron chi connectivity index (χ3n) is 3.20. The van der Waals surface area contributed by atoms with Crippen LogP contribution >= 0.6 is 0 Å². The Hall–Kier alpha value is -1.26. The van der Waals surface area contributed by atoms with Gasteiger partial charge >= 0.3 is 6.09 Å². The van der Waals surface area contributed by atoms with Crippen LogP contribution in [0.1, 0.15) is 54.9 Å². The quantitative estimate of drug-likeness (QED) is 0.817. The van der Waals surface area contributed by atoms with Crippen LogP contribution in [-0.2, 0) is 9.53 Å². The Morgan fingerprint density at radius 1 is 1.10 bits per heavy atom. The van der Waals surface area contributed by atoms with Crippen molar-refractivity contribution in [1.29, 1.82) is 0 Å². The van der Waals surface area contributed by atoms with E-state index in [0.29, 0.717) is 19.6 Å². The van der Waals surface area contributed by atoms with Crippen LogP contribution in [0.3, 0.4) is 0 Å². The molecule has 0 radical (unpaired) electrons. The van der Waals surface area contributed by atoms with E-state index in [1.165, 1.54) is 0 Å². The molecule has 5 nitrogen and oxygen atoms in total. The molecule has 0 aliphatic heterocycles. The molecule has 0 aliphatic rings. The summed E-state index contributed by atoms with van der Waals surface area (Å²) in [5.74, 6) is 0.0141. The second-order valence-electron chi connectivity index (χ2n) is 6.55. The molecule has 0 saturated carbocycles. The Morgan fingerprint density at radius 2 is 1.65 bits per heavy atom. The van der Waals surface area contributed by atoms with Gasteiger partial charge < -0.3 is 15.0 Å². The number of carbonyl (C=O) groups is 2. The highest BCUT2D eigenvalue weighted by Crippen LogP contribution is 2.19. The minimum atomic E-state index is -0.502. The molecular weight excluding hydrogens is 256 g/mol. The Bertz CT molecular complexity index is 333. The van der Waals surface area contributed by atoms with Crippen LogP contribution in [0.25, 0.3) is 0 Å². The van der Waals surface area contributed by atoms with E-state index < -0.39 is 5.60 Å². The molecule has 0 aliphatic carbocycles. The predicted octanol–water partition coefficient (Wildman–Crippen LogP) is 2.80. The van der Waals surface area contributed by atoms with Gasteiger partial charge in [-0.2, -0.15) is 0 Å². The lowest BCUT2D eigenvalue weighted by atomic mass is 9.89. The van der Waals surface area contributed by atoms with Crippen LogP contribution < -0.4 is 5.32 Å². The van der Waals surface area contributed by atoms with Gasteiger partial charge in [0.1, 0.15) is 5.60 Å². The van der Waals surface area contributed by atoms with Gasteiger partial charge in [0.2, 0.25) is 5.91 Å². The minimum Gasteiger partial charge on any atom is -0.444 e. The van der Waals surface area contributed by atoms with E-state index in [4.69, 9.17) is 4.74 Å². The molecule has 0 saturated heterocycles. The first-order valence-corrected chi connectivity index (χ1v) is 7.29. The summed E-state index contributed by atoms with van der Waals surface area (Å²) in [4.78, 5) is 25.4. The van der Waals surface area contributed by atoms with E-state index in [-0.39, 0.29) is 17.4 Å². The number of amides is 2. The minimum absolute atomic E-state index is 0.0141. The van der Waals surface area contributed by atoms with E-state index in [9.17, 15) is 9.59 Å². The molecule has 5 heteroatoms. The van der Waals surface area contributed by atoms with Gasteiger partial charge in [0.25, 0.3) is 0 Å². The summed E-state index contributed by atoms with van der Waals surface area (Å²) in [6.07, 6.45) is 0.437. The fraction of sp³-hybridized carbons (Fsp3) is 0.867. The molecule has 0 spiro atoms. The zero-order chi connectivity index (χ0) is 16.0. The monoisotopic (exact) mass is 286 g/mol. The second kappa shape index (κ2) is 7.50. The van der Waals surface area contributed by atoms with Crippen molar-refractivity contribution in [2.75, 3.05) is 19.6 Å². The molecular formula is C15H30N2O3. The molecule has 0 unspecified atom stereocenters. The number of likely N-dealkylation sites (N-methyl/N-ethyl adjacent to an activating group) is 1. The smallest absolute Gasteiger partial charge is 0.410 e. The first-order valence-electron chi connectivity index (χ1n) is 7.29. The van der Waals surface area contributed by atoms with Crippen molar-refractivity contribution in [3.63, 3.8) is 0 Å². The van der Waals surface area contributed by atoms with Crippen LogP contribution in [0.5, 0.6) is 0 Å². The molecule has 0 rings (SSSR count). The maximum atomic E-state index is 11.9. The summed E-state index contributed by atoms with van der Waals surface area (Å²) in [6, 6.07) is 0. The lowest BCUT2D eigenvalue weighted by molar-refractivity contribution is -0.129. The second-order valence-corrected chi connectivity index (χ2v) is 6.55. The number of nitrogens with one attached hydrogen (secondary N) is 1. The zero-order valence-corrected chi connectivity index (χ0v) is 14.0. The molecule has 2 amide bonds. The van der Waals surface area contributed by atoms with Crippen LogP contribution in [0.4, 0.5) is 4.79 Å². The number of ether oxygens (including phenoxy) is 1. The fourth-order valence-electron chi connectivity index (χ4n) is 1.41. The highest BCUT2D eigenvalue weighted by Gasteiger charge is 2.25. The third-order valence-corrected chi connectivity index (χ3v) is 3.20. The first-order chi connectivity index (χ1) is 9.03. The summed E-state index contributed by atoms with van der Waals surface area (Å²) in [7, 11) is 0. The van der Waals surface area contributed by atoms with Crippen LogP contribution in [0, 0.1) is 5.41 Å².